The quantitative estimate of drug-likeness (QED) is 0.576. The van der Waals surface area contributed by atoms with E-state index in [0.29, 0.717) is 11.5 Å². The monoisotopic (exact) mass is 451 g/mol. The molecule has 3 rings (SSSR count). The lowest BCUT2D eigenvalue weighted by Gasteiger charge is -2.26. The van der Waals surface area contributed by atoms with Crippen molar-refractivity contribution in [2.45, 2.75) is 12.1 Å². The van der Waals surface area contributed by atoms with Gasteiger partial charge in [0.15, 0.2) is 0 Å². The van der Waals surface area contributed by atoms with E-state index in [1.807, 2.05) is 12.1 Å². The van der Waals surface area contributed by atoms with Crippen LogP contribution in [0.4, 0.5) is 0 Å². The van der Waals surface area contributed by atoms with E-state index < -0.39 is 11.6 Å². The molecule has 1 N–H and O–H groups in total. The third kappa shape index (κ3) is 4.29. The van der Waals surface area contributed by atoms with Crippen molar-refractivity contribution in [3.05, 3.63) is 70.2 Å². The number of aliphatic hydroxyl groups is 1. The zero-order valence-electron chi connectivity index (χ0n) is 14.2. The number of nitrogens with zero attached hydrogens (tertiary/aromatic N) is 3. The summed E-state index contributed by atoms with van der Waals surface area (Å²) >= 11 is 9.70. The minimum Gasteiger partial charge on any atom is -0.467 e. The van der Waals surface area contributed by atoms with Crippen LogP contribution < -0.4 is 4.74 Å². The van der Waals surface area contributed by atoms with Crippen LogP contribution in [0.25, 0.3) is 0 Å². The number of benzene rings is 2. The second-order valence-electron chi connectivity index (χ2n) is 5.64. The van der Waals surface area contributed by atoms with Crippen LogP contribution in [0, 0.1) is 0 Å². The molecule has 140 valence electrons. The lowest BCUT2D eigenvalue weighted by atomic mass is 9.93. The van der Waals surface area contributed by atoms with Crippen LogP contribution in [0.3, 0.4) is 0 Å². The first-order valence-corrected chi connectivity index (χ1v) is 8.96. The van der Waals surface area contributed by atoms with E-state index in [4.69, 9.17) is 21.1 Å². The number of methoxy groups -OCH3 is 1. The number of halogens is 2. The third-order valence-corrected chi connectivity index (χ3v) is 4.66. The molecule has 1 unspecified atom stereocenters. The Morgan fingerprint density at radius 2 is 1.96 bits per heavy atom. The number of carbonyl (C=O) groups is 1. The number of aromatic nitrogens is 3. The maximum atomic E-state index is 12.3. The normalized spacial score (nSPS) is 13.0. The first-order valence-electron chi connectivity index (χ1n) is 7.79. The Kier molecular flexibility index (Phi) is 5.79. The number of hydrogen-bond donors (Lipinski definition) is 1. The average Bonchev–Trinajstić information content (AvgIpc) is 3.15. The van der Waals surface area contributed by atoms with Crippen LogP contribution in [0.2, 0.25) is 5.02 Å². The number of ether oxygens (including phenoxy) is 2. The summed E-state index contributed by atoms with van der Waals surface area (Å²) in [5, 5.41) is 15.1. The highest BCUT2D eigenvalue weighted by atomic mass is 79.9. The van der Waals surface area contributed by atoms with Gasteiger partial charge in [-0.05, 0) is 36.4 Å². The molecule has 0 amide bonds. The molecule has 1 aromatic heterocycles. The van der Waals surface area contributed by atoms with Crippen LogP contribution in [0.5, 0.6) is 11.5 Å². The zero-order chi connectivity index (χ0) is 19.4. The number of hydrogen-bond acceptors (Lipinski definition) is 6. The van der Waals surface area contributed by atoms with E-state index in [9.17, 15) is 9.90 Å². The summed E-state index contributed by atoms with van der Waals surface area (Å²) in [5.41, 5.74) is -1.86. The van der Waals surface area contributed by atoms with Gasteiger partial charge in [0.1, 0.15) is 24.2 Å². The molecule has 0 spiro atoms. The van der Waals surface area contributed by atoms with Crippen molar-refractivity contribution in [2.75, 3.05) is 7.11 Å². The lowest BCUT2D eigenvalue weighted by Crippen LogP contribution is -2.41. The van der Waals surface area contributed by atoms with Crippen molar-refractivity contribution < 1.29 is 19.4 Å². The van der Waals surface area contributed by atoms with E-state index in [2.05, 4.69) is 26.0 Å². The summed E-state index contributed by atoms with van der Waals surface area (Å²) in [4.78, 5) is 16.1. The van der Waals surface area contributed by atoms with Crippen molar-refractivity contribution in [1.29, 1.82) is 0 Å². The summed E-state index contributed by atoms with van der Waals surface area (Å²) < 4.78 is 12.8. The van der Waals surface area contributed by atoms with Crippen LogP contribution in [-0.2, 0) is 21.7 Å². The molecule has 0 aliphatic rings. The standard InChI is InChI=1S/C18H15BrClN3O4/c1-26-17(24)18(25,9-23-11-21-10-22-23)15-7-6-14(8-16(15)20)27-13-4-2-12(19)3-5-13/h2-8,10-11,25H,9H2,1H3. The molecule has 0 bridgehead atoms. The van der Waals surface area contributed by atoms with Crippen molar-refractivity contribution in [2.24, 2.45) is 0 Å². The average molecular weight is 453 g/mol. The van der Waals surface area contributed by atoms with Gasteiger partial charge in [0, 0.05) is 10.0 Å². The van der Waals surface area contributed by atoms with Gasteiger partial charge >= 0.3 is 5.97 Å². The molecule has 9 heteroatoms. The van der Waals surface area contributed by atoms with Gasteiger partial charge in [-0.1, -0.05) is 33.6 Å². The number of rotatable bonds is 6. The Bertz CT molecular complexity index is 934. The molecule has 0 fully saturated rings. The predicted molar refractivity (Wildman–Crippen MR) is 102 cm³/mol. The highest BCUT2D eigenvalue weighted by Crippen LogP contribution is 2.35. The highest BCUT2D eigenvalue weighted by Gasteiger charge is 2.42. The fourth-order valence-electron chi connectivity index (χ4n) is 2.51. The zero-order valence-corrected chi connectivity index (χ0v) is 16.5. The predicted octanol–water partition coefficient (Wildman–Crippen LogP) is 3.55. The smallest absolute Gasteiger partial charge is 0.344 e. The lowest BCUT2D eigenvalue weighted by molar-refractivity contribution is -0.165. The minimum atomic E-state index is -2.03. The first-order chi connectivity index (χ1) is 12.9. The van der Waals surface area contributed by atoms with Crippen molar-refractivity contribution in [1.82, 2.24) is 14.8 Å². The SMILES string of the molecule is COC(=O)C(O)(Cn1cncn1)c1ccc(Oc2ccc(Br)cc2)cc1Cl. The van der Waals surface area contributed by atoms with Gasteiger partial charge in [-0.25, -0.2) is 14.5 Å². The second kappa shape index (κ2) is 8.08. The van der Waals surface area contributed by atoms with Crippen LogP contribution in [0.1, 0.15) is 5.56 Å². The maximum Gasteiger partial charge on any atom is 0.344 e. The number of carbonyl (C=O) groups excluding carboxylic acids is 1. The summed E-state index contributed by atoms with van der Waals surface area (Å²) in [7, 11) is 1.19. The van der Waals surface area contributed by atoms with Gasteiger partial charge in [-0.3, -0.25) is 0 Å². The minimum absolute atomic E-state index is 0.151. The van der Waals surface area contributed by atoms with E-state index >= 15 is 0 Å². The van der Waals surface area contributed by atoms with Crippen molar-refractivity contribution in [3.8, 4) is 11.5 Å². The molecule has 27 heavy (non-hydrogen) atoms. The molecule has 7 nitrogen and oxygen atoms in total. The topological polar surface area (TPSA) is 86.5 Å². The van der Waals surface area contributed by atoms with Gasteiger partial charge < -0.3 is 14.6 Å². The fraction of sp³-hybridized carbons (Fsp3) is 0.167. The molecule has 1 atom stereocenters. The Balaban J connectivity index is 1.91. The van der Waals surface area contributed by atoms with E-state index in [-0.39, 0.29) is 17.1 Å². The first kappa shape index (κ1) is 19.3. The molecule has 0 aliphatic heterocycles. The summed E-state index contributed by atoms with van der Waals surface area (Å²) in [5.74, 6) is 0.216. The Morgan fingerprint density at radius 1 is 1.26 bits per heavy atom. The molecule has 2 aromatic carbocycles. The molecular weight excluding hydrogens is 438 g/mol. The van der Waals surface area contributed by atoms with E-state index in [0.717, 1.165) is 4.47 Å². The van der Waals surface area contributed by atoms with Crippen molar-refractivity contribution in [3.63, 3.8) is 0 Å². The second-order valence-corrected chi connectivity index (χ2v) is 6.97. The maximum absolute atomic E-state index is 12.3. The van der Waals surface area contributed by atoms with Gasteiger partial charge in [0.05, 0.1) is 18.7 Å². The van der Waals surface area contributed by atoms with Gasteiger partial charge in [-0.2, -0.15) is 5.10 Å². The van der Waals surface area contributed by atoms with Gasteiger partial charge in [0.25, 0.3) is 0 Å². The number of esters is 1. The van der Waals surface area contributed by atoms with Crippen LogP contribution >= 0.6 is 27.5 Å². The van der Waals surface area contributed by atoms with Crippen molar-refractivity contribution >= 4 is 33.5 Å². The molecule has 0 aliphatic carbocycles. The molecule has 0 radical (unpaired) electrons. The Labute approximate surface area is 168 Å². The molecular formula is C18H15BrClN3O4. The van der Waals surface area contributed by atoms with E-state index in [1.165, 1.54) is 36.6 Å². The largest absolute Gasteiger partial charge is 0.467 e. The Hall–Kier alpha value is -2.42. The van der Waals surface area contributed by atoms with Crippen LogP contribution in [-0.4, -0.2) is 33.0 Å². The summed E-state index contributed by atoms with van der Waals surface area (Å²) in [6, 6.07) is 11.9. The van der Waals surface area contributed by atoms with E-state index in [1.54, 1.807) is 18.2 Å². The highest BCUT2D eigenvalue weighted by molar-refractivity contribution is 9.10. The Morgan fingerprint density at radius 3 is 2.56 bits per heavy atom. The molecule has 3 aromatic rings. The summed E-state index contributed by atoms with van der Waals surface area (Å²) in [6.45, 7) is -0.202. The third-order valence-electron chi connectivity index (χ3n) is 3.82. The molecule has 1 heterocycles. The van der Waals surface area contributed by atoms with Gasteiger partial charge in [0.2, 0.25) is 5.60 Å². The summed E-state index contributed by atoms with van der Waals surface area (Å²) in [6.07, 6.45) is 2.68. The van der Waals surface area contributed by atoms with Crippen LogP contribution in [0.15, 0.2) is 59.6 Å². The molecule has 0 saturated carbocycles. The fourth-order valence-corrected chi connectivity index (χ4v) is 3.10. The van der Waals surface area contributed by atoms with Gasteiger partial charge in [-0.15, -0.1) is 0 Å². The molecule has 0 saturated heterocycles.